The molecule has 0 aromatic heterocycles. The van der Waals surface area contributed by atoms with Crippen LogP contribution in [0.15, 0.2) is 42.5 Å². The molecule has 0 radical (unpaired) electrons. The molecular formula is C34H51N3O5. The Bertz CT molecular complexity index is 1180. The Kier molecular flexibility index (Phi) is 12.4. The molecule has 3 unspecified atom stereocenters. The molecule has 8 heteroatoms. The molecule has 42 heavy (non-hydrogen) atoms. The molecule has 0 saturated carbocycles. The SMILES string of the molecule is Cc1cccc(C)c1C(C(=O)NC(C)C)N(C(=O)C(Cc1ccc(O)cc1)NC(=O)OC(C)(C)C)C(C)CCC(C)C. The third-order valence-corrected chi connectivity index (χ3v) is 7.03. The zero-order valence-corrected chi connectivity index (χ0v) is 27.1. The van der Waals surface area contributed by atoms with Gasteiger partial charge in [-0.05, 0) is 109 Å². The number of carbonyl (C=O) groups excluding carboxylic acids is 3. The molecule has 0 heterocycles. The highest BCUT2D eigenvalue weighted by Gasteiger charge is 2.40. The zero-order chi connectivity index (χ0) is 31.8. The van der Waals surface area contributed by atoms with Crippen molar-refractivity contribution in [3.05, 3.63) is 64.7 Å². The Morgan fingerprint density at radius 3 is 1.95 bits per heavy atom. The minimum atomic E-state index is -1.02. The van der Waals surface area contributed by atoms with Crippen molar-refractivity contribution in [3.63, 3.8) is 0 Å². The first-order valence-corrected chi connectivity index (χ1v) is 15.0. The smallest absolute Gasteiger partial charge is 0.408 e. The molecule has 0 spiro atoms. The van der Waals surface area contributed by atoms with Gasteiger partial charge in [0.05, 0.1) is 0 Å². The number of aryl methyl sites for hydroxylation is 2. The first-order valence-electron chi connectivity index (χ1n) is 15.0. The fourth-order valence-electron chi connectivity index (χ4n) is 5.03. The lowest BCUT2D eigenvalue weighted by Gasteiger charge is -2.40. The van der Waals surface area contributed by atoms with E-state index in [0.29, 0.717) is 12.3 Å². The van der Waals surface area contributed by atoms with Crippen LogP contribution in [0.4, 0.5) is 4.79 Å². The summed E-state index contributed by atoms with van der Waals surface area (Å²) in [6.45, 7) is 19.2. The molecule has 0 aliphatic rings. The van der Waals surface area contributed by atoms with Gasteiger partial charge in [-0.25, -0.2) is 4.79 Å². The van der Waals surface area contributed by atoms with E-state index in [9.17, 15) is 19.5 Å². The van der Waals surface area contributed by atoms with Crippen LogP contribution >= 0.6 is 0 Å². The van der Waals surface area contributed by atoms with E-state index >= 15 is 0 Å². The number of phenols is 1. The van der Waals surface area contributed by atoms with Gasteiger partial charge in [-0.15, -0.1) is 0 Å². The minimum Gasteiger partial charge on any atom is -0.508 e. The van der Waals surface area contributed by atoms with Crippen molar-refractivity contribution in [3.8, 4) is 5.75 Å². The van der Waals surface area contributed by atoms with Crippen LogP contribution in [-0.2, 0) is 20.7 Å². The normalized spacial score (nSPS) is 13.8. The molecule has 8 nitrogen and oxygen atoms in total. The number of ether oxygens (including phenoxy) is 1. The summed E-state index contributed by atoms with van der Waals surface area (Å²) in [6.07, 6.45) is 0.970. The predicted octanol–water partition coefficient (Wildman–Crippen LogP) is 6.36. The fourth-order valence-corrected chi connectivity index (χ4v) is 5.03. The molecule has 2 aromatic rings. The van der Waals surface area contributed by atoms with Gasteiger partial charge in [0.25, 0.3) is 0 Å². The van der Waals surface area contributed by atoms with E-state index in [4.69, 9.17) is 4.74 Å². The number of nitrogens with zero attached hydrogens (tertiary/aromatic N) is 1. The summed E-state index contributed by atoms with van der Waals surface area (Å²) >= 11 is 0. The van der Waals surface area contributed by atoms with E-state index in [1.807, 2.05) is 52.8 Å². The van der Waals surface area contributed by atoms with Crippen LogP contribution in [0, 0.1) is 19.8 Å². The van der Waals surface area contributed by atoms with Crippen LogP contribution in [0.25, 0.3) is 0 Å². The van der Waals surface area contributed by atoms with E-state index in [2.05, 4.69) is 24.5 Å². The van der Waals surface area contributed by atoms with Crippen LogP contribution in [-0.4, -0.2) is 51.6 Å². The molecule has 3 atom stereocenters. The van der Waals surface area contributed by atoms with Gasteiger partial charge >= 0.3 is 6.09 Å². The topological polar surface area (TPSA) is 108 Å². The molecular weight excluding hydrogens is 530 g/mol. The van der Waals surface area contributed by atoms with Crippen LogP contribution in [0.2, 0.25) is 0 Å². The fraction of sp³-hybridized carbons (Fsp3) is 0.559. The number of hydrogen-bond acceptors (Lipinski definition) is 5. The largest absolute Gasteiger partial charge is 0.508 e. The Morgan fingerprint density at radius 1 is 0.881 bits per heavy atom. The number of amides is 3. The van der Waals surface area contributed by atoms with Gasteiger partial charge in [-0.3, -0.25) is 9.59 Å². The van der Waals surface area contributed by atoms with Crippen molar-refractivity contribution in [2.75, 3.05) is 0 Å². The van der Waals surface area contributed by atoms with E-state index < -0.39 is 23.8 Å². The Hall–Kier alpha value is -3.55. The van der Waals surface area contributed by atoms with Gasteiger partial charge < -0.3 is 25.4 Å². The van der Waals surface area contributed by atoms with Crippen molar-refractivity contribution in [2.24, 2.45) is 5.92 Å². The Morgan fingerprint density at radius 2 is 1.45 bits per heavy atom. The van der Waals surface area contributed by atoms with E-state index in [0.717, 1.165) is 28.7 Å². The standard InChI is InChI=1S/C34H51N3O5/c1-21(2)14-15-25(7)37(30(31(39)35-22(3)4)29-23(5)12-11-13-24(29)6)32(40)28(36-33(41)42-34(8,9)10)20-26-16-18-27(38)19-17-26/h11-13,16-19,21-22,25,28,30,38H,14-15,20H2,1-10H3,(H,35,39)(H,36,41). The number of benzene rings is 2. The second-order valence-corrected chi connectivity index (χ2v) is 13.0. The molecule has 0 aliphatic carbocycles. The number of hydrogen-bond donors (Lipinski definition) is 3. The highest BCUT2D eigenvalue weighted by molar-refractivity contribution is 5.93. The van der Waals surface area contributed by atoms with Gasteiger partial charge in [-0.1, -0.05) is 44.2 Å². The molecule has 2 rings (SSSR count). The van der Waals surface area contributed by atoms with Gasteiger partial charge in [0.15, 0.2) is 0 Å². The average Bonchev–Trinajstić information content (AvgIpc) is 2.85. The van der Waals surface area contributed by atoms with Crippen LogP contribution < -0.4 is 10.6 Å². The summed E-state index contributed by atoms with van der Waals surface area (Å²) in [7, 11) is 0. The summed E-state index contributed by atoms with van der Waals surface area (Å²) < 4.78 is 5.54. The number of carbonyl (C=O) groups is 3. The van der Waals surface area contributed by atoms with Gasteiger partial charge in [0, 0.05) is 18.5 Å². The highest BCUT2D eigenvalue weighted by atomic mass is 16.6. The second kappa shape index (κ2) is 15.1. The first kappa shape index (κ1) is 34.7. The lowest BCUT2D eigenvalue weighted by Crippen LogP contribution is -2.56. The molecule has 3 amide bonds. The van der Waals surface area contributed by atoms with Gasteiger partial charge in [-0.2, -0.15) is 0 Å². The third-order valence-electron chi connectivity index (χ3n) is 7.03. The molecule has 0 saturated heterocycles. The predicted molar refractivity (Wildman–Crippen MR) is 167 cm³/mol. The van der Waals surface area contributed by atoms with Crippen LogP contribution in [0.5, 0.6) is 5.75 Å². The van der Waals surface area contributed by atoms with Gasteiger partial charge in [0.2, 0.25) is 11.8 Å². The van der Waals surface area contributed by atoms with Crippen molar-refractivity contribution in [1.29, 1.82) is 0 Å². The maximum Gasteiger partial charge on any atom is 0.408 e. The lowest BCUT2D eigenvalue weighted by atomic mass is 9.91. The summed E-state index contributed by atoms with van der Waals surface area (Å²) in [5, 5.41) is 15.7. The van der Waals surface area contributed by atoms with Crippen molar-refractivity contribution < 1.29 is 24.2 Å². The monoisotopic (exact) mass is 581 g/mol. The molecule has 0 aliphatic heterocycles. The van der Waals surface area contributed by atoms with Crippen molar-refractivity contribution in [2.45, 2.75) is 118 Å². The van der Waals surface area contributed by atoms with Crippen LogP contribution in [0.3, 0.4) is 0 Å². The number of nitrogens with one attached hydrogen (secondary N) is 2. The number of rotatable bonds is 12. The number of phenolic OH excluding ortho intramolecular Hbond substituents is 1. The van der Waals surface area contributed by atoms with Crippen molar-refractivity contribution >= 4 is 17.9 Å². The summed E-state index contributed by atoms with van der Waals surface area (Å²) in [5.74, 6) is -0.143. The van der Waals surface area contributed by atoms with Crippen LogP contribution in [0.1, 0.15) is 96.5 Å². The summed E-state index contributed by atoms with van der Waals surface area (Å²) in [4.78, 5) is 43.5. The first-order chi connectivity index (χ1) is 19.5. The Labute approximate surface area is 252 Å². The zero-order valence-electron chi connectivity index (χ0n) is 27.1. The molecule has 0 bridgehead atoms. The maximum atomic E-state index is 14.8. The minimum absolute atomic E-state index is 0.103. The third kappa shape index (κ3) is 10.4. The van der Waals surface area contributed by atoms with Gasteiger partial charge in [0.1, 0.15) is 23.4 Å². The van der Waals surface area contributed by atoms with Crippen molar-refractivity contribution in [1.82, 2.24) is 15.5 Å². The Balaban J connectivity index is 2.71. The second-order valence-electron chi connectivity index (χ2n) is 13.0. The van der Waals surface area contributed by atoms with E-state index in [1.54, 1.807) is 49.9 Å². The molecule has 232 valence electrons. The number of aromatic hydroxyl groups is 1. The summed E-state index contributed by atoms with van der Waals surface area (Å²) in [5.41, 5.74) is 2.57. The lowest BCUT2D eigenvalue weighted by molar-refractivity contribution is -0.145. The molecule has 3 N–H and O–H groups in total. The molecule has 2 aromatic carbocycles. The van der Waals surface area contributed by atoms with E-state index in [1.165, 1.54) is 0 Å². The molecule has 0 fully saturated rings. The van der Waals surface area contributed by atoms with E-state index in [-0.39, 0.29) is 36.1 Å². The number of alkyl carbamates (subject to hydrolysis) is 1. The summed E-state index contributed by atoms with van der Waals surface area (Å²) in [6, 6.07) is 9.98. The maximum absolute atomic E-state index is 14.8. The average molecular weight is 582 g/mol. The quantitative estimate of drug-likeness (QED) is 0.270. The highest BCUT2D eigenvalue weighted by Crippen LogP contribution is 2.32.